The van der Waals surface area contributed by atoms with Crippen LogP contribution in [0, 0.1) is 0 Å². The Kier molecular flexibility index (Phi) is 7.37. The molecular weight excluding hydrogens is 496 g/mol. The van der Waals surface area contributed by atoms with Crippen molar-refractivity contribution in [2.24, 2.45) is 12.8 Å². The number of benzene rings is 2. The second-order valence-corrected chi connectivity index (χ2v) is 8.67. The molecule has 1 fully saturated rings. The molecule has 1 aromatic heterocycles. The van der Waals surface area contributed by atoms with E-state index in [2.05, 4.69) is 9.72 Å². The average molecular weight is 520 g/mol. The van der Waals surface area contributed by atoms with Crippen molar-refractivity contribution in [3.8, 4) is 22.8 Å². The minimum atomic E-state index is -4.81. The summed E-state index contributed by atoms with van der Waals surface area (Å²) < 4.78 is 63.3. The van der Waals surface area contributed by atoms with Gasteiger partial charge in [-0.25, -0.2) is 9.37 Å². The molecule has 3 aromatic rings. The van der Waals surface area contributed by atoms with Crippen LogP contribution in [-0.2, 0) is 18.3 Å². The van der Waals surface area contributed by atoms with Gasteiger partial charge < -0.3 is 24.7 Å². The second-order valence-electron chi connectivity index (χ2n) is 8.67. The Balaban J connectivity index is 1.37. The number of aryl methyl sites for hydroxylation is 1. The fourth-order valence-corrected chi connectivity index (χ4v) is 4.05. The number of alkyl halides is 4. The smallest absolute Gasteiger partial charge is 0.486 e. The number of imidazole rings is 1. The predicted octanol–water partition coefficient (Wildman–Crippen LogP) is 3.65. The third-order valence-corrected chi connectivity index (χ3v) is 5.87. The summed E-state index contributed by atoms with van der Waals surface area (Å²) in [6.45, 7) is -0.0200. The molecule has 0 unspecified atom stereocenters. The summed E-state index contributed by atoms with van der Waals surface area (Å²) in [5.74, 6) is -1.36. The van der Waals surface area contributed by atoms with E-state index in [9.17, 15) is 22.8 Å². The van der Waals surface area contributed by atoms with E-state index in [-0.39, 0.29) is 43.2 Å². The summed E-state index contributed by atoms with van der Waals surface area (Å²) in [7, 11) is 1.81. The molecule has 2 aromatic carbocycles. The van der Waals surface area contributed by atoms with Crippen molar-refractivity contribution in [3.05, 3.63) is 66.1 Å². The molecular formula is C25H24F4N4O4. The number of nitrogens with zero attached hydrogens (tertiary/aromatic N) is 3. The summed E-state index contributed by atoms with van der Waals surface area (Å²) in [6, 6.07) is 9.70. The number of amides is 2. The number of ether oxygens (including phenoxy) is 2. The molecule has 1 aliphatic heterocycles. The lowest BCUT2D eigenvalue weighted by molar-refractivity contribution is -0.274. The lowest BCUT2D eigenvalue weighted by Gasteiger charge is -2.35. The largest absolute Gasteiger partial charge is 0.573 e. The molecule has 2 atom stereocenters. The van der Waals surface area contributed by atoms with Crippen molar-refractivity contribution < 1.29 is 36.6 Å². The highest BCUT2D eigenvalue weighted by Gasteiger charge is 2.34. The van der Waals surface area contributed by atoms with Crippen LogP contribution < -0.4 is 15.2 Å². The van der Waals surface area contributed by atoms with Gasteiger partial charge in [-0.1, -0.05) is 12.1 Å². The first-order valence-electron chi connectivity index (χ1n) is 11.3. The van der Waals surface area contributed by atoms with Crippen molar-refractivity contribution in [3.63, 3.8) is 0 Å². The number of carbonyl (C=O) groups is 2. The molecule has 0 saturated carbocycles. The van der Waals surface area contributed by atoms with Crippen LogP contribution >= 0.6 is 0 Å². The van der Waals surface area contributed by atoms with Crippen molar-refractivity contribution in [2.45, 2.75) is 31.5 Å². The van der Waals surface area contributed by atoms with Crippen LogP contribution in [0.25, 0.3) is 11.3 Å². The third-order valence-electron chi connectivity index (χ3n) is 5.87. The van der Waals surface area contributed by atoms with Gasteiger partial charge in [0.25, 0.3) is 5.91 Å². The first-order valence-corrected chi connectivity index (χ1v) is 11.3. The van der Waals surface area contributed by atoms with Crippen molar-refractivity contribution in [1.82, 2.24) is 14.5 Å². The van der Waals surface area contributed by atoms with Crippen molar-refractivity contribution >= 4 is 11.8 Å². The molecule has 2 N–H and O–H groups in total. The molecule has 0 radical (unpaired) electrons. The Morgan fingerprint density at radius 2 is 1.89 bits per heavy atom. The summed E-state index contributed by atoms with van der Waals surface area (Å²) >= 11 is 0. The van der Waals surface area contributed by atoms with Crippen LogP contribution in [0.3, 0.4) is 0 Å². The Morgan fingerprint density at radius 3 is 2.49 bits per heavy atom. The molecule has 4 rings (SSSR count). The number of aromatic nitrogens is 2. The Bertz CT molecular complexity index is 1280. The van der Waals surface area contributed by atoms with Gasteiger partial charge in [0.15, 0.2) is 6.17 Å². The number of halogens is 4. The molecule has 1 aliphatic rings. The minimum Gasteiger partial charge on any atom is -0.486 e. The average Bonchev–Trinajstić information content (AvgIpc) is 3.27. The molecule has 2 heterocycles. The maximum absolute atomic E-state index is 15.0. The minimum absolute atomic E-state index is 0.0896. The fourth-order valence-electron chi connectivity index (χ4n) is 4.05. The maximum Gasteiger partial charge on any atom is 0.573 e. The predicted molar refractivity (Wildman–Crippen MR) is 124 cm³/mol. The van der Waals surface area contributed by atoms with E-state index >= 15 is 4.39 Å². The van der Waals surface area contributed by atoms with Crippen LogP contribution in [0.15, 0.2) is 55.0 Å². The van der Waals surface area contributed by atoms with Gasteiger partial charge in [0.05, 0.1) is 30.6 Å². The number of nitrogens with two attached hydrogens (primary N) is 1. The molecule has 37 heavy (non-hydrogen) atoms. The standard InChI is InChI=1S/C25H24F4N4O4/c1-32-13-20(31-14-32)16-4-7-21(18(11-16)24(30)35)36-22-8-9-33(12-19(22)26)23(34)10-15-2-5-17(6-3-15)37-25(27,28)29/h2-7,11,13-14,19,22H,8-10,12H2,1H3,(H2,30,35)/t19-,22-/m1/s1. The number of rotatable bonds is 7. The lowest BCUT2D eigenvalue weighted by atomic mass is 10.0. The number of carbonyl (C=O) groups excluding carboxylic acids is 2. The number of likely N-dealkylation sites (tertiary alicyclic amines) is 1. The number of piperidine rings is 1. The van der Waals surface area contributed by atoms with Gasteiger partial charge in [-0.2, -0.15) is 0 Å². The molecule has 12 heteroatoms. The van der Waals surface area contributed by atoms with E-state index in [1.54, 1.807) is 29.2 Å². The van der Waals surface area contributed by atoms with E-state index in [0.717, 1.165) is 12.1 Å². The van der Waals surface area contributed by atoms with Crippen molar-refractivity contribution in [2.75, 3.05) is 13.1 Å². The van der Waals surface area contributed by atoms with Crippen LogP contribution in [0.5, 0.6) is 11.5 Å². The van der Waals surface area contributed by atoms with Gasteiger partial charge in [-0.3, -0.25) is 9.59 Å². The summed E-state index contributed by atoms with van der Waals surface area (Å²) in [6.07, 6.45) is -3.78. The zero-order chi connectivity index (χ0) is 26.7. The Labute approximate surface area is 209 Å². The van der Waals surface area contributed by atoms with Crippen LogP contribution in [0.4, 0.5) is 17.6 Å². The number of hydrogen-bond donors (Lipinski definition) is 1. The maximum atomic E-state index is 15.0. The van der Waals surface area contributed by atoms with Gasteiger partial charge >= 0.3 is 6.36 Å². The van der Waals surface area contributed by atoms with Gasteiger partial charge in [-0.15, -0.1) is 13.2 Å². The van der Waals surface area contributed by atoms with Gasteiger partial charge in [0, 0.05) is 31.8 Å². The number of hydrogen-bond acceptors (Lipinski definition) is 5. The molecule has 2 amide bonds. The summed E-state index contributed by atoms with van der Waals surface area (Å²) in [4.78, 5) is 30.3. The fraction of sp³-hybridized carbons (Fsp3) is 0.320. The van der Waals surface area contributed by atoms with Gasteiger partial charge in [-0.05, 0) is 35.9 Å². The SMILES string of the molecule is Cn1cnc(-c2ccc(O[C@@H]3CCN(C(=O)Cc4ccc(OC(F)(F)F)cc4)C[C@H]3F)c(C(N)=O)c2)c1. The Morgan fingerprint density at radius 1 is 1.16 bits per heavy atom. The van der Waals surface area contributed by atoms with Crippen LogP contribution in [0.2, 0.25) is 0 Å². The van der Waals surface area contributed by atoms with Gasteiger partial charge in [0.2, 0.25) is 5.91 Å². The van der Waals surface area contributed by atoms with Gasteiger partial charge in [0.1, 0.15) is 17.6 Å². The molecule has 0 aliphatic carbocycles. The number of primary amides is 1. The molecule has 196 valence electrons. The van der Waals surface area contributed by atoms with E-state index in [4.69, 9.17) is 10.5 Å². The first-order chi connectivity index (χ1) is 17.5. The Hall–Kier alpha value is -4.09. The molecule has 8 nitrogen and oxygen atoms in total. The van der Waals surface area contributed by atoms with E-state index in [1.807, 2.05) is 7.05 Å². The van der Waals surface area contributed by atoms with E-state index < -0.39 is 30.3 Å². The highest BCUT2D eigenvalue weighted by molar-refractivity contribution is 5.97. The topological polar surface area (TPSA) is 99.7 Å². The molecule has 0 bridgehead atoms. The third kappa shape index (κ3) is 6.57. The van der Waals surface area contributed by atoms with Crippen LogP contribution in [-0.4, -0.2) is 58.0 Å². The zero-order valence-electron chi connectivity index (χ0n) is 19.7. The molecule has 1 saturated heterocycles. The highest BCUT2D eigenvalue weighted by atomic mass is 19.4. The monoisotopic (exact) mass is 520 g/mol. The normalized spacial score (nSPS) is 17.9. The second kappa shape index (κ2) is 10.5. The lowest BCUT2D eigenvalue weighted by Crippen LogP contribution is -2.49. The van der Waals surface area contributed by atoms with E-state index in [1.165, 1.54) is 23.1 Å². The van der Waals surface area contributed by atoms with Crippen molar-refractivity contribution in [1.29, 1.82) is 0 Å². The molecule has 0 spiro atoms. The van der Waals surface area contributed by atoms with E-state index in [0.29, 0.717) is 16.8 Å². The van der Waals surface area contributed by atoms with Crippen LogP contribution in [0.1, 0.15) is 22.3 Å². The summed E-state index contributed by atoms with van der Waals surface area (Å²) in [5, 5.41) is 0. The first kappa shape index (κ1) is 26.0. The highest BCUT2D eigenvalue weighted by Crippen LogP contribution is 2.29. The quantitative estimate of drug-likeness (QED) is 0.480. The zero-order valence-corrected chi connectivity index (χ0v) is 19.7. The summed E-state index contributed by atoms with van der Waals surface area (Å²) in [5.41, 5.74) is 7.36.